The first-order valence-corrected chi connectivity index (χ1v) is 12.1. The van der Waals surface area contributed by atoms with Crippen LogP contribution in [0.15, 0.2) is 36.5 Å². The molecule has 0 atom stereocenters. The lowest BCUT2D eigenvalue weighted by atomic mass is 9.94. The van der Waals surface area contributed by atoms with E-state index in [9.17, 15) is 9.90 Å². The van der Waals surface area contributed by atoms with Crippen LogP contribution < -0.4 is 15.4 Å². The quantitative estimate of drug-likeness (QED) is 0.422. The number of aromatic hydroxyl groups is 1. The van der Waals surface area contributed by atoms with Crippen molar-refractivity contribution in [1.82, 2.24) is 15.2 Å². The molecule has 1 saturated carbocycles. The molecule has 0 amide bonds. The smallest absolute Gasteiger partial charge is 0.176 e. The minimum atomic E-state index is -0.445. The maximum Gasteiger partial charge on any atom is 0.176 e. The number of phenols is 1. The Labute approximate surface area is 204 Å². The number of piperazine rings is 1. The molecule has 0 radical (unpaired) electrons. The molecule has 0 spiro atoms. The maximum absolute atomic E-state index is 12.0. The van der Waals surface area contributed by atoms with E-state index in [0.29, 0.717) is 5.75 Å². The summed E-state index contributed by atoms with van der Waals surface area (Å²) in [5, 5.41) is 18.4. The third-order valence-corrected chi connectivity index (χ3v) is 7.23. The van der Waals surface area contributed by atoms with Crippen molar-refractivity contribution in [3.8, 4) is 22.6 Å². The lowest BCUT2D eigenvalue weighted by Gasteiger charge is -2.27. The molecule has 1 saturated heterocycles. The van der Waals surface area contributed by atoms with Gasteiger partial charge in [-0.3, -0.25) is 9.88 Å². The van der Waals surface area contributed by atoms with Crippen molar-refractivity contribution in [3.05, 3.63) is 47.1 Å². The molecule has 178 valence electrons. The van der Waals surface area contributed by atoms with Crippen molar-refractivity contribution in [1.29, 1.82) is 0 Å². The third-order valence-electron chi connectivity index (χ3n) is 6.94. The van der Waals surface area contributed by atoms with Gasteiger partial charge in [-0.05, 0) is 48.2 Å². The summed E-state index contributed by atoms with van der Waals surface area (Å²) in [5.74, 6) is 0.247. The largest absolute Gasteiger partial charge is 0.503 e. The highest BCUT2D eigenvalue weighted by Gasteiger charge is 2.46. The number of halogens is 1. The first-order chi connectivity index (χ1) is 16.5. The van der Waals surface area contributed by atoms with E-state index in [2.05, 4.69) is 26.6 Å². The molecular weight excluding hydrogens is 452 g/mol. The fourth-order valence-electron chi connectivity index (χ4n) is 4.70. The van der Waals surface area contributed by atoms with Crippen molar-refractivity contribution < 1.29 is 14.6 Å². The number of anilines is 1. The standard InChI is InChI=1S/C26H29ClN4O3/c1-34-23-14-18(13-21(27)25(23)33)17-2-3-22-19(12-17)24(20(15-30-22)26(16-32)4-5-26)29-8-11-31-9-6-28-7-10-31/h2-3,12-16,28,33H,4-11H2,1H3,(H,29,30). The predicted molar refractivity (Wildman–Crippen MR) is 135 cm³/mol. The van der Waals surface area contributed by atoms with Crippen molar-refractivity contribution in [3.63, 3.8) is 0 Å². The second-order valence-electron chi connectivity index (χ2n) is 9.08. The summed E-state index contributed by atoms with van der Waals surface area (Å²) in [6.45, 7) is 5.82. The normalized spacial score (nSPS) is 17.5. The fraction of sp³-hybridized carbons (Fsp3) is 0.385. The molecule has 1 aromatic heterocycles. The highest BCUT2D eigenvalue weighted by atomic mass is 35.5. The Kier molecular flexibility index (Phi) is 6.34. The number of aldehydes is 1. The molecule has 3 aromatic rings. The monoisotopic (exact) mass is 480 g/mol. The van der Waals surface area contributed by atoms with Gasteiger partial charge in [0.15, 0.2) is 11.5 Å². The Balaban J connectivity index is 1.55. The molecule has 2 heterocycles. The number of hydrogen-bond acceptors (Lipinski definition) is 7. The van der Waals surface area contributed by atoms with E-state index >= 15 is 0 Å². The Morgan fingerprint density at radius 1 is 1.24 bits per heavy atom. The molecule has 8 heteroatoms. The summed E-state index contributed by atoms with van der Waals surface area (Å²) >= 11 is 6.25. The lowest BCUT2D eigenvalue weighted by molar-refractivity contribution is -0.109. The first kappa shape index (κ1) is 22.9. The highest BCUT2D eigenvalue weighted by Crippen LogP contribution is 2.50. The number of ether oxygens (including phenoxy) is 1. The number of nitrogens with zero attached hydrogens (tertiary/aromatic N) is 2. The lowest BCUT2D eigenvalue weighted by Crippen LogP contribution is -2.45. The summed E-state index contributed by atoms with van der Waals surface area (Å²) < 4.78 is 5.29. The number of rotatable bonds is 8. The van der Waals surface area contributed by atoms with Crippen LogP contribution in [0.2, 0.25) is 5.02 Å². The van der Waals surface area contributed by atoms with Crippen LogP contribution in [0.3, 0.4) is 0 Å². The average Bonchev–Trinajstić information content (AvgIpc) is 3.67. The Hall–Kier alpha value is -2.87. The van der Waals surface area contributed by atoms with Crippen LogP contribution in [-0.2, 0) is 10.2 Å². The number of aromatic nitrogens is 1. The van der Waals surface area contributed by atoms with Gasteiger partial charge < -0.3 is 25.3 Å². The van der Waals surface area contributed by atoms with Crippen LogP contribution in [0.5, 0.6) is 11.5 Å². The topological polar surface area (TPSA) is 86.7 Å². The number of pyridine rings is 1. The van der Waals surface area contributed by atoms with Crippen molar-refractivity contribution >= 4 is 34.5 Å². The molecule has 2 aromatic carbocycles. The van der Waals surface area contributed by atoms with Crippen molar-refractivity contribution in [2.45, 2.75) is 18.3 Å². The number of phenolic OH excluding ortho intramolecular Hbond substituents is 1. The zero-order chi connectivity index (χ0) is 23.7. The zero-order valence-corrected chi connectivity index (χ0v) is 20.0. The Bertz CT molecular complexity index is 1220. The molecule has 7 nitrogen and oxygen atoms in total. The highest BCUT2D eigenvalue weighted by molar-refractivity contribution is 6.32. The molecule has 0 bridgehead atoms. The van der Waals surface area contributed by atoms with Gasteiger partial charge in [0.25, 0.3) is 0 Å². The summed E-state index contributed by atoms with van der Waals surface area (Å²) in [4.78, 5) is 19.1. The van der Waals surface area contributed by atoms with E-state index in [-0.39, 0.29) is 10.8 Å². The number of benzene rings is 2. The van der Waals surface area contributed by atoms with Gasteiger partial charge in [0.1, 0.15) is 6.29 Å². The molecule has 5 rings (SSSR count). The van der Waals surface area contributed by atoms with Gasteiger partial charge >= 0.3 is 0 Å². The van der Waals surface area contributed by atoms with E-state index in [0.717, 1.165) is 91.7 Å². The third kappa shape index (κ3) is 4.31. The number of fused-ring (bicyclic) bond motifs is 1. The minimum absolute atomic E-state index is 0.0745. The number of carbonyl (C=O) groups is 1. The second kappa shape index (κ2) is 9.41. The SMILES string of the molecule is COc1cc(-c2ccc3ncc(C4(C=O)CC4)c(NCCN4CCNCC4)c3c2)cc(Cl)c1O. The fourth-order valence-corrected chi connectivity index (χ4v) is 4.91. The zero-order valence-electron chi connectivity index (χ0n) is 19.2. The van der Waals surface area contributed by atoms with Crippen molar-refractivity contribution in [2.75, 3.05) is 51.7 Å². The van der Waals surface area contributed by atoms with Crippen LogP contribution in [0.25, 0.3) is 22.0 Å². The average molecular weight is 481 g/mol. The molecule has 3 N–H and O–H groups in total. The first-order valence-electron chi connectivity index (χ1n) is 11.7. The molecule has 1 aliphatic carbocycles. The second-order valence-corrected chi connectivity index (χ2v) is 9.49. The Morgan fingerprint density at radius 3 is 2.74 bits per heavy atom. The van der Waals surface area contributed by atoms with Gasteiger partial charge in [-0.25, -0.2) is 0 Å². The van der Waals surface area contributed by atoms with Gasteiger partial charge in [0.2, 0.25) is 0 Å². The summed E-state index contributed by atoms with van der Waals surface area (Å²) in [7, 11) is 1.50. The van der Waals surface area contributed by atoms with E-state index in [1.165, 1.54) is 7.11 Å². The van der Waals surface area contributed by atoms with E-state index in [1.807, 2.05) is 18.3 Å². The number of nitrogens with one attached hydrogen (secondary N) is 2. The molecule has 0 unspecified atom stereocenters. The van der Waals surface area contributed by atoms with Gasteiger partial charge in [0.05, 0.1) is 23.1 Å². The maximum atomic E-state index is 12.0. The number of methoxy groups -OCH3 is 1. The van der Waals surface area contributed by atoms with Crippen LogP contribution in [0, 0.1) is 0 Å². The molecular formula is C26H29ClN4O3. The van der Waals surface area contributed by atoms with Crippen LogP contribution in [0.1, 0.15) is 18.4 Å². The van der Waals surface area contributed by atoms with Gasteiger partial charge in [-0.15, -0.1) is 0 Å². The van der Waals surface area contributed by atoms with E-state index < -0.39 is 5.41 Å². The number of hydrogen-bond donors (Lipinski definition) is 3. The summed E-state index contributed by atoms with van der Waals surface area (Å²) in [5.41, 5.74) is 4.11. The minimum Gasteiger partial charge on any atom is -0.503 e. The van der Waals surface area contributed by atoms with E-state index in [1.54, 1.807) is 12.1 Å². The van der Waals surface area contributed by atoms with Crippen LogP contribution >= 0.6 is 11.6 Å². The molecule has 34 heavy (non-hydrogen) atoms. The van der Waals surface area contributed by atoms with E-state index in [4.69, 9.17) is 16.3 Å². The van der Waals surface area contributed by atoms with Gasteiger partial charge in [-0.2, -0.15) is 0 Å². The molecule has 1 aliphatic heterocycles. The van der Waals surface area contributed by atoms with Gasteiger partial charge in [0, 0.05) is 62.1 Å². The van der Waals surface area contributed by atoms with Crippen LogP contribution in [0.4, 0.5) is 5.69 Å². The Morgan fingerprint density at radius 2 is 2.03 bits per heavy atom. The van der Waals surface area contributed by atoms with Crippen molar-refractivity contribution in [2.24, 2.45) is 0 Å². The molecule has 2 aliphatic rings. The molecule has 2 fully saturated rings. The van der Waals surface area contributed by atoms with Gasteiger partial charge in [-0.1, -0.05) is 17.7 Å². The summed E-state index contributed by atoms with van der Waals surface area (Å²) in [6, 6.07) is 9.52. The number of carbonyl (C=O) groups excluding carboxylic acids is 1. The summed E-state index contributed by atoms with van der Waals surface area (Å²) in [6.07, 6.45) is 4.63. The van der Waals surface area contributed by atoms with Crippen LogP contribution in [-0.4, -0.2) is 67.7 Å². The predicted octanol–water partition coefficient (Wildman–Crippen LogP) is 3.82.